The molecule has 102 valence electrons. The van der Waals surface area contributed by atoms with Crippen molar-refractivity contribution in [2.75, 3.05) is 0 Å². The molecule has 0 atom stereocenters. The van der Waals surface area contributed by atoms with Crippen molar-refractivity contribution in [3.63, 3.8) is 0 Å². The molecule has 3 aromatic heterocycles. The maximum absolute atomic E-state index is 5.41. The quantitative estimate of drug-likeness (QED) is 0.548. The third-order valence-corrected chi connectivity index (χ3v) is 3.65. The first kappa shape index (κ1) is 12.1. The fraction of sp³-hybridized carbons (Fsp3) is 0.111. The van der Waals surface area contributed by atoms with Gasteiger partial charge in [-0.25, -0.2) is 0 Å². The number of rotatable bonds is 2. The monoisotopic (exact) mass is 274 g/mol. The first-order chi connectivity index (χ1) is 10.3. The van der Waals surface area contributed by atoms with E-state index in [0.29, 0.717) is 0 Å². The number of hydrogen-bond donors (Lipinski definition) is 0. The molecule has 0 N–H and O–H groups in total. The highest BCUT2D eigenvalue weighted by molar-refractivity contribution is 5.80. The predicted octanol–water partition coefficient (Wildman–Crippen LogP) is 4.28. The summed E-state index contributed by atoms with van der Waals surface area (Å²) in [5.41, 5.74) is 6.35. The summed E-state index contributed by atoms with van der Waals surface area (Å²) in [6.45, 7) is 2.06. The molecule has 0 aliphatic heterocycles. The molecule has 3 heteroatoms. The van der Waals surface area contributed by atoms with Crippen LogP contribution < -0.4 is 0 Å². The Labute approximate surface area is 122 Å². The number of aryl methyl sites for hydroxylation is 1. The molecule has 0 aliphatic carbocycles. The molecule has 21 heavy (non-hydrogen) atoms. The van der Waals surface area contributed by atoms with Gasteiger partial charge in [-0.05, 0) is 54.3 Å². The van der Waals surface area contributed by atoms with Gasteiger partial charge in [0.25, 0.3) is 0 Å². The van der Waals surface area contributed by atoms with Crippen molar-refractivity contribution in [1.29, 1.82) is 0 Å². The lowest BCUT2D eigenvalue weighted by atomic mass is 10.0. The second-order valence-electron chi connectivity index (χ2n) is 5.36. The summed E-state index contributed by atoms with van der Waals surface area (Å²) in [6.07, 6.45) is 6.33. The van der Waals surface area contributed by atoms with Gasteiger partial charge < -0.3 is 4.42 Å². The minimum absolute atomic E-state index is 0.839. The molecule has 0 spiro atoms. The molecule has 1 aromatic carbocycles. The third kappa shape index (κ3) is 2.27. The molecule has 0 bridgehead atoms. The van der Waals surface area contributed by atoms with E-state index in [4.69, 9.17) is 4.42 Å². The lowest BCUT2D eigenvalue weighted by Gasteiger charge is -2.04. The molecule has 3 nitrogen and oxygen atoms in total. The van der Waals surface area contributed by atoms with Gasteiger partial charge in [0.2, 0.25) is 0 Å². The van der Waals surface area contributed by atoms with Gasteiger partial charge in [0.05, 0.1) is 11.8 Å². The van der Waals surface area contributed by atoms with E-state index in [1.165, 1.54) is 16.5 Å². The maximum Gasteiger partial charge on any atom is 0.152 e. The lowest BCUT2D eigenvalue weighted by Crippen LogP contribution is -1.90. The average Bonchev–Trinajstić information content (AvgIpc) is 2.94. The largest absolute Gasteiger partial charge is 0.463 e. The summed E-state index contributed by atoms with van der Waals surface area (Å²) in [5.74, 6) is 0. The second-order valence-corrected chi connectivity index (χ2v) is 5.36. The molecular weight excluding hydrogens is 260 g/mol. The van der Waals surface area contributed by atoms with Crippen molar-refractivity contribution in [2.24, 2.45) is 0 Å². The molecule has 4 rings (SSSR count). The Morgan fingerprint density at radius 2 is 1.81 bits per heavy atom. The van der Waals surface area contributed by atoms with Crippen LogP contribution in [0.2, 0.25) is 0 Å². The zero-order valence-corrected chi connectivity index (χ0v) is 11.7. The smallest absolute Gasteiger partial charge is 0.152 e. The van der Waals surface area contributed by atoms with Gasteiger partial charge >= 0.3 is 0 Å². The van der Waals surface area contributed by atoms with Gasteiger partial charge in [-0.15, -0.1) is 0 Å². The van der Waals surface area contributed by atoms with Crippen LogP contribution in [0.3, 0.4) is 0 Å². The summed E-state index contributed by atoms with van der Waals surface area (Å²) in [4.78, 5) is 8.84. The van der Waals surface area contributed by atoms with Gasteiger partial charge in [-0.2, -0.15) is 0 Å². The number of hydrogen-bond acceptors (Lipinski definition) is 3. The van der Waals surface area contributed by atoms with Crippen molar-refractivity contribution in [2.45, 2.75) is 13.3 Å². The summed E-state index contributed by atoms with van der Waals surface area (Å²) >= 11 is 0. The minimum atomic E-state index is 0.839. The van der Waals surface area contributed by atoms with Crippen LogP contribution in [0.4, 0.5) is 0 Å². The molecule has 0 radical (unpaired) electrons. The second kappa shape index (κ2) is 4.70. The highest BCUT2D eigenvalue weighted by Gasteiger charge is 2.03. The van der Waals surface area contributed by atoms with Crippen molar-refractivity contribution in [3.8, 4) is 0 Å². The Morgan fingerprint density at radius 3 is 2.76 bits per heavy atom. The topological polar surface area (TPSA) is 38.9 Å². The first-order valence-electron chi connectivity index (χ1n) is 6.95. The Bertz CT molecular complexity index is 940. The number of aromatic nitrogens is 2. The normalized spacial score (nSPS) is 11.3. The van der Waals surface area contributed by atoms with Crippen LogP contribution in [0.15, 0.2) is 59.5 Å². The minimum Gasteiger partial charge on any atom is -0.463 e. The van der Waals surface area contributed by atoms with E-state index in [-0.39, 0.29) is 0 Å². The van der Waals surface area contributed by atoms with E-state index in [1.54, 1.807) is 6.26 Å². The van der Waals surface area contributed by atoms with Gasteiger partial charge in [0, 0.05) is 23.8 Å². The molecule has 4 aromatic rings. The van der Waals surface area contributed by atoms with Crippen molar-refractivity contribution < 1.29 is 4.42 Å². The molecule has 0 unspecified atom stereocenters. The van der Waals surface area contributed by atoms with Crippen molar-refractivity contribution >= 4 is 22.0 Å². The van der Waals surface area contributed by atoms with Crippen molar-refractivity contribution in [3.05, 3.63) is 71.7 Å². The Kier molecular flexibility index (Phi) is 2.71. The molecular formula is C18H14N2O. The highest BCUT2D eigenvalue weighted by atomic mass is 16.3. The molecule has 0 saturated carbocycles. The van der Waals surface area contributed by atoms with Crippen LogP contribution >= 0.6 is 0 Å². The lowest BCUT2D eigenvalue weighted by molar-refractivity contribution is 0.615. The van der Waals surface area contributed by atoms with E-state index in [0.717, 1.165) is 28.6 Å². The number of benzene rings is 1. The van der Waals surface area contributed by atoms with Crippen LogP contribution in [0.25, 0.3) is 22.0 Å². The van der Waals surface area contributed by atoms with Crippen LogP contribution in [0.5, 0.6) is 0 Å². The zero-order chi connectivity index (χ0) is 14.2. The fourth-order valence-electron chi connectivity index (χ4n) is 2.62. The number of furan rings is 1. The molecule has 0 fully saturated rings. The summed E-state index contributed by atoms with van der Waals surface area (Å²) < 4.78 is 5.41. The van der Waals surface area contributed by atoms with Gasteiger partial charge in [-0.3, -0.25) is 9.97 Å². The standard InChI is InChI=1S/C18H14N2O/c1-12-6-15-8-13(2-3-16(15)19-10-12)7-14-9-18-17(20-11-14)4-5-21-18/h2-6,8-11H,7H2,1H3. The summed E-state index contributed by atoms with van der Waals surface area (Å²) in [7, 11) is 0. The van der Waals surface area contributed by atoms with Gasteiger partial charge in [-0.1, -0.05) is 6.07 Å². The summed E-state index contributed by atoms with van der Waals surface area (Å²) in [5, 5.41) is 1.18. The third-order valence-electron chi connectivity index (χ3n) is 3.65. The molecule has 0 saturated heterocycles. The van der Waals surface area contributed by atoms with Crippen LogP contribution in [-0.2, 0) is 6.42 Å². The Balaban J connectivity index is 1.72. The fourth-order valence-corrected chi connectivity index (χ4v) is 2.62. The van der Waals surface area contributed by atoms with E-state index in [2.05, 4.69) is 47.2 Å². The number of nitrogens with zero attached hydrogens (tertiary/aromatic N) is 2. The number of fused-ring (bicyclic) bond motifs is 2. The molecule has 0 aliphatic rings. The first-order valence-corrected chi connectivity index (χ1v) is 6.95. The average molecular weight is 274 g/mol. The number of pyridine rings is 2. The Morgan fingerprint density at radius 1 is 0.905 bits per heavy atom. The highest BCUT2D eigenvalue weighted by Crippen LogP contribution is 2.20. The Hall–Kier alpha value is -2.68. The molecule has 3 heterocycles. The van der Waals surface area contributed by atoms with Crippen molar-refractivity contribution in [1.82, 2.24) is 9.97 Å². The van der Waals surface area contributed by atoms with Crippen LogP contribution in [0, 0.1) is 6.92 Å². The maximum atomic E-state index is 5.41. The van der Waals surface area contributed by atoms with E-state index < -0.39 is 0 Å². The SMILES string of the molecule is Cc1cnc2ccc(Cc3cnc4ccoc4c3)cc2c1. The molecule has 0 amide bonds. The van der Waals surface area contributed by atoms with E-state index in [9.17, 15) is 0 Å². The zero-order valence-electron chi connectivity index (χ0n) is 11.7. The van der Waals surface area contributed by atoms with E-state index in [1.807, 2.05) is 18.5 Å². The van der Waals surface area contributed by atoms with Gasteiger partial charge in [0.1, 0.15) is 5.52 Å². The van der Waals surface area contributed by atoms with E-state index >= 15 is 0 Å². The predicted molar refractivity (Wildman–Crippen MR) is 83.3 cm³/mol. The van der Waals surface area contributed by atoms with Gasteiger partial charge in [0.15, 0.2) is 5.58 Å². The summed E-state index contributed by atoms with van der Waals surface area (Å²) in [6, 6.07) is 12.5. The van der Waals surface area contributed by atoms with Crippen LogP contribution in [-0.4, -0.2) is 9.97 Å². The van der Waals surface area contributed by atoms with Crippen LogP contribution in [0.1, 0.15) is 16.7 Å².